The number of hydrogen-bond acceptors (Lipinski definition) is 9. The normalized spacial score (nSPS) is 10.7. The molecule has 0 aliphatic carbocycles. The van der Waals surface area contributed by atoms with Gasteiger partial charge in [0.1, 0.15) is 5.75 Å². The fourth-order valence-electron chi connectivity index (χ4n) is 2.84. The summed E-state index contributed by atoms with van der Waals surface area (Å²) in [5.41, 5.74) is 0.731. The molecular weight excluding hydrogens is 490 g/mol. The van der Waals surface area contributed by atoms with Crippen molar-refractivity contribution in [1.29, 1.82) is 0 Å². The van der Waals surface area contributed by atoms with Crippen molar-refractivity contribution in [1.82, 2.24) is 15.0 Å². The molecule has 0 saturated carbocycles. The maximum atomic E-state index is 12.6. The molecule has 0 fully saturated rings. The number of aromatic nitrogens is 1. The smallest absolute Gasteiger partial charge is 0.484 e. The van der Waals surface area contributed by atoms with E-state index in [2.05, 4.69) is 15.0 Å². The highest BCUT2D eigenvalue weighted by Gasteiger charge is 2.19. The molecule has 3 rings (SSSR count). The molecule has 0 aliphatic heterocycles. The summed E-state index contributed by atoms with van der Waals surface area (Å²) in [5, 5.41) is 2.73. The molecule has 0 spiro atoms. The summed E-state index contributed by atoms with van der Waals surface area (Å²) < 4.78 is 41.5. The largest absolute Gasteiger partial charge is 0.514 e. The van der Waals surface area contributed by atoms with E-state index in [4.69, 9.17) is 9.47 Å². The van der Waals surface area contributed by atoms with Crippen LogP contribution in [0.5, 0.6) is 11.6 Å². The average molecular weight is 514 g/mol. The van der Waals surface area contributed by atoms with Gasteiger partial charge in [-0.15, -0.1) is 0 Å². The lowest BCUT2D eigenvalue weighted by atomic mass is 10.1. The van der Waals surface area contributed by atoms with Gasteiger partial charge in [-0.2, -0.15) is 0 Å². The Kier molecular flexibility index (Phi) is 8.95. The third kappa shape index (κ3) is 7.81. The van der Waals surface area contributed by atoms with Crippen molar-refractivity contribution >= 4 is 28.0 Å². The predicted octanol–water partition coefficient (Wildman–Crippen LogP) is 2.08. The molecule has 36 heavy (non-hydrogen) atoms. The molecule has 11 nitrogen and oxygen atoms in total. The number of ether oxygens (including phenoxy) is 3. The van der Waals surface area contributed by atoms with Gasteiger partial charge in [-0.1, -0.05) is 30.3 Å². The van der Waals surface area contributed by atoms with Gasteiger partial charge in [0.2, 0.25) is 5.88 Å². The van der Waals surface area contributed by atoms with Crippen LogP contribution in [0.25, 0.3) is 0 Å². The summed E-state index contributed by atoms with van der Waals surface area (Å²) in [7, 11) is -3.02. The summed E-state index contributed by atoms with van der Waals surface area (Å²) in [6.45, 7) is 0.222. The molecule has 0 saturated heterocycles. The molecule has 2 amide bonds. The monoisotopic (exact) mass is 513 g/mol. The minimum Gasteiger partial charge on any atom is -0.484 e. The molecule has 0 bridgehead atoms. The number of nitrogens with one attached hydrogen (secondary N) is 2. The fraction of sp³-hybridized carbons (Fsp3) is 0.167. The number of para-hydroxylation sites is 1. The van der Waals surface area contributed by atoms with Crippen LogP contribution in [0.2, 0.25) is 0 Å². The number of methoxy groups -OCH3 is 1. The average Bonchev–Trinajstić information content (AvgIpc) is 2.88. The van der Waals surface area contributed by atoms with Crippen LogP contribution in [0, 0.1) is 0 Å². The Morgan fingerprint density at radius 3 is 2.31 bits per heavy atom. The van der Waals surface area contributed by atoms with Crippen LogP contribution in [0.15, 0.2) is 77.8 Å². The first-order valence-corrected chi connectivity index (χ1v) is 12.1. The fourth-order valence-corrected chi connectivity index (χ4v) is 3.81. The second-order valence-corrected chi connectivity index (χ2v) is 8.90. The molecule has 3 aromatic rings. The van der Waals surface area contributed by atoms with Crippen LogP contribution >= 0.6 is 0 Å². The van der Waals surface area contributed by atoms with Gasteiger partial charge in [0.25, 0.3) is 21.8 Å². The highest BCUT2D eigenvalue weighted by molar-refractivity contribution is 7.90. The minimum atomic E-state index is -4.14. The lowest BCUT2D eigenvalue weighted by Gasteiger charge is -2.09. The molecule has 0 atom stereocenters. The van der Waals surface area contributed by atoms with Gasteiger partial charge >= 0.3 is 6.16 Å². The molecule has 0 aliphatic rings. The lowest BCUT2D eigenvalue weighted by molar-refractivity contribution is -0.123. The number of rotatable bonds is 10. The van der Waals surface area contributed by atoms with E-state index in [1.54, 1.807) is 36.4 Å². The van der Waals surface area contributed by atoms with Gasteiger partial charge in [-0.05, 0) is 42.3 Å². The van der Waals surface area contributed by atoms with Crippen molar-refractivity contribution in [2.45, 2.75) is 11.3 Å². The first-order valence-electron chi connectivity index (χ1n) is 10.6. The first kappa shape index (κ1) is 26.2. The van der Waals surface area contributed by atoms with E-state index in [0.29, 0.717) is 18.7 Å². The Labute approximate surface area is 207 Å². The van der Waals surface area contributed by atoms with Crippen molar-refractivity contribution in [2.24, 2.45) is 0 Å². The maximum Gasteiger partial charge on any atom is 0.514 e. The van der Waals surface area contributed by atoms with Crippen LogP contribution in [-0.2, 0) is 26.0 Å². The third-order valence-corrected chi connectivity index (χ3v) is 6.01. The van der Waals surface area contributed by atoms with Gasteiger partial charge in [0, 0.05) is 18.8 Å². The van der Waals surface area contributed by atoms with E-state index in [-0.39, 0.29) is 28.9 Å². The Hall–Kier alpha value is -4.45. The first-order chi connectivity index (χ1) is 17.3. The zero-order chi connectivity index (χ0) is 26.0. The van der Waals surface area contributed by atoms with Crippen LogP contribution in [0.1, 0.15) is 15.9 Å². The van der Waals surface area contributed by atoms with Crippen molar-refractivity contribution < 1.29 is 37.0 Å². The minimum absolute atomic E-state index is 0.0561. The van der Waals surface area contributed by atoms with E-state index < -0.39 is 22.1 Å². The molecule has 0 unspecified atom stereocenters. The second-order valence-electron chi connectivity index (χ2n) is 7.22. The number of hydrogen-bond donors (Lipinski definition) is 2. The van der Waals surface area contributed by atoms with Crippen LogP contribution in [-0.4, -0.2) is 51.6 Å². The van der Waals surface area contributed by atoms with Crippen molar-refractivity contribution in [3.8, 4) is 11.6 Å². The Morgan fingerprint density at radius 2 is 1.67 bits per heavy atom. The van der Waals surface area contributed by atoms with E-state index in [0.717, 1.165) is 18.9 Å². The zero-order valence-electron chi connectivity index (χ0n) is 19.2. The summed E-state index contributed by atoms with van der Waals surface area (Å²) in [6, 6.07) is 17.3. The Balaban J connectivity index is 1.48. The number of carbonyl (C=O) groups excluding carboxylic acids is 3. The van der Waals surface area contributed by atoms with Gasteiger partial charge in [0.05, 0.1) is 17.6 Å². The summed E-state index contributed by atoms with van der Waals surface area (Å²) in [6.07, 6.45) is 0.547. The number of benzene rings is 2. The molecule has 12 heteroatoms. The topological polar surface area (TPSA) is 150 Å². The van der Waals surface area contributed by atoms with Crippen LogP contribution in [0.3, 0.4) is 0 Å². The van der Waals surface area contributed by atoms with Crippen molar-refractivity contribution in [3.63, 3.8) is 0 Å². The highest BCUT2D eigenvalue weighted by atomic mass is 32.2. The van der Waals surface area contributed by atoms with Crippen molar-refractivity contribution in [3.05, 3.63) is 84.1 Å². The molecule has 0 radical (unpaired) electrons. The second kappa shape index (κ2) is 12.3. The Bertz CT molecular complexity index is 1300. The zero-order valence-corrected chi connectivity index (χ0v) is 20.0. The molecule has 1 heterocycles. The van der Waals surface area contributed by atoms with Gasteiger partial charge in [0.15, 0.2) is 6.61 Å². The number of amides is 2. The molecule has 2 aromatic carbocycles. The van der Waals surface area contributed by atoms with E-state index >= 15 is 0 Å². The van der Waals surface area contributed by atoms with Crippen LogP contribution < -0.4 is 19.5 Å². The number of sulfonamides is 1. The number of pyridine rings is 1. The predicted molar refractivity (Wildman–Crippen MR) is 127 cm³/mol. The lowest BCUT2D eigenvalue weighted by Crippen LogP contribution is -2.31. The molecule has 188 valence electrons. The van der Waals surface area contributed by atoms with Crippen LogP contribution in [0.4, 0.5) is 4.79 Å². The quantitative estimate of drug-likeness (QED) is 0.388. The summed E-state index contributed by atoms with van der Waals surface area (Å²) in [4.78, 5) is 38.9. The van der Waals surface area contributed by atoms with Gasteiger partial charge < -0.3 is 19.5 Å². The standard InChI is InChI=1S/C24H23N3O8S/c1-33-24(30)35-22-12-9-18(15-26-22)23(29)27-36(31,32)20-10-7-17(8-11-20)13-14-25-21(28)16-34-19-5-3-2-4-6-19/h2-12,15H,13-14,16H2,1H3,(H,25,28)(H,27,29). The summed E-state index contributed by atoms with van der Waals surface area (Å²) >= 11 is 0. The molecular formula is C24H23N3O8S. The molecule has 1 aromatic heterocycles. The Morgan fingerprint density at radius 1 is 0.944 bits per heavy atom. The van der Waals surface area contributed by atoms with E-state index in [1.807, 2.05) is 10.8 Å². The summed E-state index contributed by atoms with van der Waals surface area (Å²) in [5.74, 6) is -0.703. The van der Waals surface area contributed by atoms with Gasteiger partial charge in [-0.25, -0.2) is 22.9 Å². The number of nitrogens with zero attached hydrogens (tertiary/aromatic N) is 1. The van der Waals surface area contributed by atoms with Crippen molar-refractivity contribution in [2.75, 3.05) is 20.3 Å². The SMILES string of the molecule is COC(=O)Oc1ccc(C(=O)NS(=O)(=O)c2ccc(CCNC(=O)COc3ccccc3)cc2)cn1. The maximum absolute atomic E-state index is 12.6. The van der Waals surface area contributed by atoms with E-state index in [9.17, 15) is 22.8 Å². The number of carbonyl (C=O) groups is 3. The molecule has 2 N–H and O–H groups in total. The highest BCUT2D eigenvalue weighted by Crippen LogP contribution is 2.13. The van der Waals surface area contributed by atoms with E-state index in [1.165, 1.54) is 24.3 Å². The third-order valence-electron chi connectivity index (χ3n) is 4.66. The van der Waals surface area contributed by atoms with Gasteiger partial charge in [-0.3, -0.25) is 9.59 Å².